The molecule has 0 aromatic heterocycles. The van der Waals surface area contributed by atoms with Crippen LogP contribution in [0.15, 0.2) is 146 Å². The Morgan fingerprint density at radius 2 is 1.03 bits per heavy atom. The van der Waals surface area contributed by atoms with Crippen molar-refractivity contribution in [1.82, 2.24) is 5.32 Å². The van der Waals surface area contributed by atoms with Gasteiger partial charge in [0.1, 0.15) is 24.4 Å². The summed E-state index contributed by atoms with van der Waals surface area (Å²) in [5.41, 5.74) is 0. The molecule has 1 rings (SSSR count). The number of aliphatic hydroxyl groups is 5. The van der Waals surface area contributed by atoms with Crippen LogP contribution < -0.4 is 5.32 Å². The zero-order valence-electron chi connectivity index (χ0n) is 45.6. The third-order valence-electron chi connectivity index (χ3n) is 12.1. The molecule has 74 heavy (non-hydrogen) atoms. The highest BCUT2D eigenvalue weighted by Crippen LogP contribution is 2.26. The standard InChI is InChI=1S/C63H99NO10/c1-4-7-10-13-16-19-22-25-27-28-29-31-32-35-38-41-44-47-50-56(67)62(71)64-54(55(66)49-46-43-40-37-34-24-21-18-15-12-9-6-3)53-72-63-61(60(70)59(69)57(52-65)73-63)74-58(68)51-48-45-42-39-36-33-30-26-23-20-17-14-11-8-5-2/h7-8,10-11,14,16-17,19-20,23,25-27,29-31,33,35-36,38,44,46-47,49,54-57,59-61,63,65-67,69-70H,4-6,9,12-13,15,18,21-22,24,28,32,34,37,39-43,45,48,50-53H2,1-3H3,(H,64,71)/b10-7-,11-8+,17-14+,19-16-,23-20-,27-25-,30-26-,31-29-,36-33+,38-35-,47-44-,49-46+. The van der Waals surface area contributed by atoms with E-state index in [1.807, 2.05) is 66.8 Å². The third-order valence-corrected chi connectivity index (χ3v) is 12.1. The van der Waals surface area contributed by atoms with Crippen LogP contribution in [0.3, 0.4) is 0 Å². The molecule has 6 N–H and O–H groups in total. The van der Waals surface area contributed by atoms with E-state index in [0.29, 0.717) is 12.8 Å². The van der Waals surface area contributed by atoms with Gasteiger partial charge < -0.3 is 45.1 Å². The van der Waals surface area contributed by atoms with Gasteiger partial charge in [-0.2, -0.15) is 0 Å². The van der Waals surface area contributed by atoms with Crippen LogP contribution in [-0.4, -0.2) is 99.6 Å². The van der Waals surface area contributed by atoms with Crippen LogP contribution in [0.25, 0.3) is 0 Å². The molecule has 0 aromatic carbocycles. The summed E-state index contributed by atoms with van der Waals surface area (Å²) in [6, 6.07) is -1.08. The number of esters is 1. The summed E-state index contributed by atoms with van der Waals surface area (Å²) in [4.78, 5) is 26.4. The Balaban J connectivity index is 2.84. The Kier molecular flexibility index (Phi) is 45.1. The Morgan fingerprint density at radius 3 is 1.57 bits per heavy atom. The molecule has 0 saturated carbocycles. The lowest BCUT2D eigenvalue weighted by molar-refractivity contribution is -0.305. The Hall–Kier alpha value is -4.46. The Labute approximate surface area is 447 Å². The maximum Gasteiger partial charge on any atom is 0.306 e. The zero-order valence-corrected chi connectivity index (χ0v) is 45.6. The minimum Gasteiger partial charge on any atom is -0.454 e. The predicted octanol–water partition coefficient (Wildman–Crippen LogP) is 12.7. The van der Waals surface area contributed by atoms with Gasteiger partial charge in [0.15, 0.2) is 12.4 Å². The van der Waals surface area contributed by atoms with Crippen molar-refractivity contribution in [3.05, 3.63) is 146 Å². The molecule has 416 valence electrons. The highest BCUT2D eigenvalue weighted by molar-refractivity contribution is 5.81. The minimum atomic E-state index is -1.65. The molecule has 8 unspecified atom stereocenters. The Bertz CT molecular complexity index is 1750. The number of nitrogens with one attached hydrogen (secondary N) is 1. The first-order valence-electron chi connectivity index (χ1n) is 28.2. The van der Waals surface area contributed by atoms with Crippen molar-refractivity contribution < 1.29 is 49.3 Å². The number of amides is 1. The number of hydrogen-bond acceptors (Lipinski definition) is 10. The number of allylic oxidation sites excluding steroid dienone is 22. The van der Waals surface area contributed by atoms with E-state index in [2.05, 4.69) is 92.9 Å². The predicted molar refractivity (Wildman–Crippen MR) is 305 cm³/mol. The molecule has 0 radical (unpaired) electrons. The molecule has 0 bridgehead atoms. The van der Waals surface area contributed by atoms with Crippen molar-refractivity contribution in [1.29, 1.82) is 0 Å². The molecule has 11 heteroatoms. The van der Waals surface area contributed by atoms with Gasteiger partial charge in [-0.25, -0.2) is 0 Å². The van der Waals surface area contributed by atoms with Crippen LogP contribution in [0.4, 0.5) is 0 Å². The molecule has 1 aliphatic rings. The van der Waals surface area contributed by atoms with E-state index in [1.54, 1.807) is 12.2 Å². The number of carbonyl (C=O) groups is 2. The van der Waals surface area contributed by atoms with E-state index in [1.165, 1.54) is 44.9 Å². The lowest BCUT2D eigenvalue weighted by Crippen LogP contribution is -2.61. The zero-order chi connectivity index (χ0) is 54.0. The van der Waals surface area contributed by atoms with Crippen LogP contribution in [0.5, 0.6) is 0 Å². The van der Waals surface area contributed by atoms with Gasteiger partial charge >= 0.3 is 5.97 Å². The SMILES string of the molecule is CC/C=C\C/C=C\C/C=C\C/C=C\C/C=C\C/C=C\CC(O)C(=O)NC(COC1OC(CO)C(O)C(O)C1OC(=O)CCCCC/C=C/C=C\C=C/C=C/C=C/CC)C(O)/C=C/CCCCCCCCCCCC. The molecule has 0 aliphatic carbocycles. The molecule has 0 aromatic rings. The quantitative estimate of drug-likeness (QED) is 0.0149. The summed E-state index contributed by atoms with van der Waals surface area (Å²) in [6.07, 6.45) is 60.5. The van der Waals surface area contributed by atoms with Gasteiger partial charge in [0.2, 0.25) is 5.91 Å². The van der Waals surface area contributed by atoms with Crippen LogP contribution in [0, 0.1) is 0 Å². The molecule has 1 fully saturated rings. The monoisotopic (exact) mass is 1030 g/mol. The average Bonchev–Trinajstić information content (AvgIpc) is 3.40. The van der Waals surface area contributed by atoms with Gasteiger partial charge in [0, 0.05) is 12.8 Å². The summed E-state index contributed by atoms with van der Waals surface area (Å²) in [5.74, 6) is -1.34. The molecule has 1 aliphatic heterocycles. The summed E-state index contributed by atoms with van der Waals surface area (Å²) in [6.45, 7) is 5.42. The summed E-state index contributed by atoms with van der Waals surface area (Å²) in [7, 11) is 0. The first-order chi connectivity index (χ1) is 36.2. The van der Waals surface area contributed by atoms with E-state index in [0.717, 1.165) is 83.5 Å². The second kappa shape index (κ2) is 49.4. The molecule has 1 saturated heterocycles. The van der Waals surface area contributed by atoms with Crippen molar-refractivity contribution in [3.8, 4) is 0 Å². The first-order valence-corrected chi connectivity index (χ1v) is 28.2. The van der Waals surface area contributed by atoms with Crippen molar-refractivity contribution in [2.45, 2.75) is 224 Å². The van der Waals surface area contributed by atoms with E-state index >= 15 is 0 Å². The molecule has 1 amide bonds. The highest BCUT2D eigenvalue weighted by atomic mass is 16.7. The van der Waals surface area contributed by atoms with Gasteiger partial charge in [-0.3, -0.25) is 9.59 Å². The minimum absolute atomic E-state index is 0.0443. The van der Waals surface area contributed by atoms with Gasteiger partial charge in [-0.1, -0.05) is 231 Å². The van der Waals surface area contributed by atoms with Gasteiger partial charge in [0.25, 0.3) is 0 Å². The fourth-order valence-corrected chi connectivity index (χ4v) is 7.69. The summed E-state index contributed by atoms with van der Waals surface area (Å²) in [5, 5.41) is 56.7. The maximum atomic E-state index is 13.3. The normalized spacial score (nSPS) is 20.5. The summed E-state index contributed by atoms with van der Waals surface area (Å²) >= 11 is 0. The van der Waals surface area contributed by atoms with Crippen molar-refractivity contribution >= 4 is 11.9 Å². The third kappa shape index (κ3) is 37.3. The fourth-order valence-electron chi connectivity index (χ4n) is 7.69. The smallest absolute Gasteiger partial charge is 0.306 e. The topological polar surface area (TPSA) is 175 Å². The van der Waals surface area contributed by atoms with Crippen molar-refractivity contribution in [3.63, 3.8) is 0 Å². The average molecular weight is 1030 g/mol. The fraction of sp³-hybridized carbons (Fsp3) is 0.587. The molecular weight excluding hydrogens is 931 g/mol. The lowest BCUT2D eigenvalue weighted by Gasteiger charge is -2.41. The van der Waals surface area contributed by atoms with Crippen LogP contribution in [-0.2, 0) is 23.8 Å². The molecular formula is C63H99NO10. The van der Waals surface area contributed by atoms with Gasteiger partial charge in [0.05, 0.1) is 25.4 Å². The molecule has 8 atom stereocenters. The lowest BCUT2D eigenvalue weighted by atomic mass is 9.99. The Morgan fingerprint density at radius 1 is 0.554 bits per heavy atom. The number of ether oxygens (including phenoxy) is 3. The van der Waals surface area contributed by atoms with E-state index < -0.39 is 67.4 Å². The molecule has 1 heterocycles. The van der Waals surface area contributed by atoms with Crippen LogP contribution in [0.1, 0.15) is 175 Å². The van der Waals surface area contributed by atoms with E-state index in [9.17, 15) is 35.1 Å². The number of aliphatic hydroxyl groups excluding tert-OH is 5. The molecule has 11 nitrogen and oxygen atoms in total. The number of rotatable bonds is 44. The second-order valence-corrected chi connectivity index (χ2v) is 18.7. The van der Waals surface area contributed by atoms with Crippen LogP contribution >= 0.6 is 0 Å². The highest BCUT2D eigenvalue weighted by Gasteiger charge is 2.47. The number of carbonyl (C=O) groups excluding carboxylic acids is 2. The van der Waals surface area contributed by atoms with Gasteiger partial charge in [-0.15, -0.1) is 0 Å². The second-order valence-electron chi connectivity index (χ2n) is 18.7. The van der Waals surface area contributed by atoms with Crippen LogP contribution in [0.2, 0.25) is 0 Å². The largest absolute Gasteiger partial charge is 0.454 e. The maximum absolute atomic E-state index is 13.3. The first kappa shape index (κ1) is 67.6. The van der Waals surface area contributed by atoms with Crippen molar-refractivity contribution in [2.75, 3.05) is 13.2 Å². The molecule has 0 spiro atoms. The van der Waals surface area contributed by atoms with E-state index in [-0.39, 0.29) is 19.4 Å². The van der Waals surface area contributed by atoms with E-state index in [4.69, 9.17) is 14.2 Å². The number of unbranched alkanes of at least 4 members (excludes halogenated alkanes) is 13. The van der Waals surface area contributed by atoms with Crippen molar-refractivity contribution in [2.24, 2.45) is 0 Å². The number of hydrogen-bond donors (Lipinski definition) is 6. The van der Waals surface area contributed by atoms with Gasteiger partial charge in [-0.05, 0) is 77.0 Å². The summed E-state index contributed by atoms with van der Waals surface area (Å²) < 4.78 is 17.5.